The summed E-state index contributed by atoms with van der Waals surface area (Å²) in [6.07, 6.45) is 4.13. The normalized spacial score (nSPS) is 15.6. The van der Waals surface area contributed by atoms with Gasteiger partial charge in [-0.25, -0.2) is 0 Å². The molecule has 0 aliphatic carbocycles. The molecule has 1 fully saturated rings. The Balaban J connectivity index is 1.77. The molecule has 1 saturated heterocycles. The van der Waals surface area contributed by atoms with Gasteiger partial charge in [-0.15, -0.1) is 0 Å². The van der Waals surface area contributed by atoms with Gasteiger partial charge in [0.25, 0.3) is 0 Å². The maximum Gasteiger partial charge on any atom is 0.225 e. The van der Waals surface area contributed by atoms with Gasteiger partial charge in [-0.1, -0.05) is 0 Å². The van der Waals surface area contributed by atoms with Crippen molar-refractivity contribution in [3.8, 4) is 0 Å². The molecule has 0 radical (unpaired) electrons. The zero-order valence-electron chi connectivity index (χ0n) is 11.4. The molecule has 1 aliphatic heterocycles. The van der Waals surface area contributed by atoms with Crippen molar-refractivity contribution in [3.63, 3.8) is 0 Å². The predicted molar refractivity (Wildman–Crippen MR) is 74.1 cm³/mol. The summed E-state index contributed by atoms with van der Waals surface area (Å²) in [4.78, 5) is 20.2. The molecule has 0 aromatic carbocycles. The maximum atomic E-state index is 11.9. The third-order valence-electron chi connectivity index (χ3n) is 3.31. The van der Waals surface area contributed by atoms with Gasteiger partial charge < -0.3 is 14.5 Å². The standard InChI is InChI=1S/C14H21N3O2/c1-2-19-11-5-14(18)17-9-7-16(8-10-17)13-4-3-6-15-12-13/h3-4,6,12H,2,5,7-11H2,1H3. The van der Waals surface area contributed by atoms with E-state index in [1.165, 1.54) is 0 Å². The first-order valence-electron chi connectivity index (χ1n) is 6.81. The minimum absolute atomic E-state index is 0.194. The Morgan fingerprint density at radius 1 is 1.37 bits per heavy atom. The molecule has 5 heteroatoms. The van der Waals surface area contributed by atoms with Gasteiger partial charge in [0.15, 0.2) is 0 Å². The van der Waals surface area contributed by atoms with Crippen molar-refractivity contribution >= 4 is 11.6 Å². The molecular formula is C14H21N3O2. The number of pyridine rings is 1. The van der Waals surface area contributed by atoms with Crippen LogP contribution in [-0.4, -0.2) is 55.2 Å². The zero-order chi connectivity index (χ0) is 13.5. The molecule has 0 bridgehead atoms. The molecule has 0 N–H and O–H groups in total. The minimum atomic E-state index is 0.194. The molecule has 2 heterocycles. The molecule has 0 spiro atoms. The Labute approximate surface area is 114 Å². The van der Waals surface area contributed by atoms with Gasteiger partial charge >= 0.3 is 0 Å². The van der Waals surface area contributed by atoms with Crippen LogP contribution < -0.4 is 4.90 Å². The predicted octanol–water partition coefficient (Wildman–Crippen LogP) is 1.16. The highest BCUT2D eigenvalue weighted by atomic mass is 16.5. The summed E-state index contributed by atoms with van der Waals surface area (Å²) in [5, 5.41) is 0. The van der Waals surface area contributed by atoms with Crippen molar-refractivity contribution in [1.82, 2.24) is 9.88 Å². The third kappa shape index (κ3) is 3.92. The molecular weight excluding hydrogens is 242 g/mol. The SMILES string of the molecule is CCOCCC(=O)N1CCN(c2cccnc2)CC1. The molecule has 1 aromatic rings. The van der Waals surface area contributed by atoms with Crippen molar-refractivity contribution < 1.29 is 9.53 Å². The molecule has 0 saturated carbocycles. The van der Waals surface area contributed by atoms with E-state index < -0.39 is 0 Å². The maximum absolute atomic E-state index is 11.9. The molecule has 0 unspecified atom stereocenters. The number of piperazine rings is 1. The minimum Gasteiger partial charge on any atom is -0.381 e. The number of hydrogen-bond acceptors (Lipinski definition) is 4. The lowest BCUT2D eigenvalue weighted by Crippen LogP contribution is -2.49. The first-order valence-corrected chi connectivity index (χ1v) is 6.81. The van der Waals surface area contributed by atoms with Crippen LogP contribution in [0.2, 0.25) is 0 Å². The number of hydrogen-bond donors (Lipinski definition) is 0. The van der Waals surface area contributed by atoms with E-state index in [4.69, 9.17) is 4.74 Å². The van der Waals surface area contributed by atoms with E-state index in [9.17, 15) is 4.79 Å². The van der Waals surface area contributed by atoms with E-state index in [0.29, 0.717) is 19.6 Å². The van der Waals surface area contributed by atoms with Crippen LogP contribution in [0.4, 0.5) is 5.69 Å². The lowest BCUT2D eigenvalue weighted by Gasteiger charge is -2.36. The first-order chi connectivity index (χ1) is 9.31. The second-order valence-electron chi connectivity index (χ2n) is 4.53. The van der Waals surface area contributed by atoms with Gasteiger partial charge in [-0.05, 0) is 19.1 Å². The largest absolute Gasteiger partial charge is 0.381 e. The Kier molecular flexibility index (Phi) is 5.15. The number of carbonyl (C=O) groups is 1. The van der Waals surface area contributed by atoms with Crippen LogP contribution in [-0.2, 0) is 9.53 Å². The topological polar surface area (TPSA) is 45.7 Å². The molecule has 1 amide bonds. The molecule has 2 rings (SSSR count). The van der Waals surface area contributed by atoms with E-state index in [2.05, 4.69) is 16.0 Å². The highest BCUT2D eigenvalue weighted by Gasteiger charge is 2.20. The summed E-state index contributed by atoms with van der Waals surface area (Å²) in [6.45, 7) is 6.43. The highest BCUT2D eigenvalue weighted by molar-refractivity contribution is 5.76. The summed E-state index contributed by atoms with van der Waals surface area (Å²) < 4.78 is 5.22. The van der Waals surface area contributed by atoms with Crippen LogP contribution in [0.5, 0.6) is 0 Å². The van der Waals surface area contributed by atoms with Crippen molar-refractivity contribution in [2.24, 2.45) is 0 Å². The van der Waals surface area contributed by atoms with E-state index in [1.54, 1.807) is 6.20 Å². The van der Waals surface area contributed by atoms with Gasteiger partial charge in [0.2, 0.25) is 5.91 Å². The van der Waals surface area contributed by atoms with Crippen molar-refractivity contribution in [2.75, 3.05) is 44.3 Å². The van der Waals surface area contributed by atoms with Crippen LogP contribution in [0.25, 0.3) is 0 Å². The van der Waals surface area contributed by atoms with Crippen LogP contribution >= 0.6 is 0 Å². The van der Waals surface area contributed by atoms with Crippen LogP contribution in [0, 0.1) is 0 Å². The number of anilines is 1. The molecule has 104 valence electrons. The lowest BCUT2D eigenvalue weighted by atomic mass is 10.2. The summed E-state index contributed by atoms with van der Waals surface area (Å²) in [7, 11) is 0. The smallest absolute Gasteiger partial charge is 0.225 e. The van der Waals surface area contributed by atoms with Gasteiger partial charge in [0, 0.05) is 39.0 Å². The number of rotatable bonds is 5. The quantitative estimate of drug-likeness (QED) is 0.748. The fraction of sp³-hybridized carbons (Fsp3) is 0.571. The van der Waals surface area contributed by atoms with Gasteiger partial charge in [-0.2, -0.15) is 0 Å². The fourth-order valence-corrected chi connectivity index (χ4v) is 2.22. The van der Waals surface area contributed by atoms with Gasteiger partial charge in [0.05, 0.1) is 24.9 Å². The van der Waals surface area contributed by atoms with E-state index >= 15 is 0 Å². The average Bonchev–Trinajstić information content (AvgIpc) is 2.48. The Morgan fingerprint density at radius 3 is 2.79 bits per heavy atom. The molecule has 1 aromatic heterocycles. The highest BCUT2D eigenvalue weighted by Crippen LogP contribution is 2.14. The summed E-state index contributed by atoms with van der Waals surface area (Å²) in [6, 6.07) is 3.99. The van der Waals surface area contributed by atoms with Gasteiger partial charge in [-0.3, -0.25) is 9.78 Å². The Bertz CT molecular complexity index is 389. The van der Waals surface area contributed by atoms with E-state index in [-0.39, 0.29) is 5.91 Å². The van der Waals surface area contributed by atoms with Gasteiger partial charge in [0.1, 0.15) is 0 Å². The second kappa shape index (κ2) is 7.09. The lowest BCUT2D eigenvalue weighted by molar-refractivity contribution is -0.132. The van der Waals surface area contributed by atoms with Crippen molar-refractivity contribution in [1.29, 1.82) is 0 Å². The van der Waals surface area contributed by atoms with E-state index in [0.717, 1.165) is 31.9 Å². The monoisotopic (exact) mass is 263 g/mol. The van der Waals surface area contributed by atoms with Crippen LogP contribution in [0.15, 0.2) is 24.5 Å². The first kappa shape index (κ1) is 13.8. The molecule has 19 heavy (non-hydrogen) atoms. The number of amides is 1. The summed E-state index contributed by atoms with van der Waals surface area (Å²) in [5.41, 5.74) is 1.13. The van der Waals surface area contributed by atoms with E-state index in [1.807, 2.05) is 24.1 Å². The molecule has 0 atom stereocenters. The average molecular weight is 263 g/mol. The second-order valence-corrected chi connectivity index (χ2v) is 4.53. The summed E-state index contributed by atoms with van der Waals surface area (Å²) in [5.74, 6) is 0.194. The number of nitrogens with zero attached hydrogens (tertiary/aromatic N) is 3. The van der Waals surface area contributed by atoms with Crippen LogP contribution in [0.1, 0.15) is 13.3 Å². The Morgan fingerprint density at radius 2 is 2.16 bits per heavy atom. The zero-order valence-corrected chi connectivity index (χ0v) is 11.4. The number of carbonyl (C=O) groups excluding carboxylic acids is 1. The fourth-order valence-electron chi connectivity index (χ4n) is 2.22. The van der Waals surface area contributed by atoms with Crippen molar-refractivity contribution in [2.45, 2.75) is 13.3 Å². The number of aromatic nitrogens is 1. The Hall–Kier alpha value is -1.62. The molecule has 1 aliphatic rings. The third-order valence-corrected chi connectivity index (χ3v) is 3.31. The van der Waals surface area contributed by atoms with Crippen molar-refractivity contribution in [3.05, 3.63) is 24.5 Å². The summed E-state index contributed by atoms with van der Waals surface area (Å²) >= 11 is 0. The molecule has 5 nitrogen and oxygen atoms in total. The number of ether oxygens (including phenoxy) is 1. The van der Waals surface area contributed by atoms with Crippen LogP contribution in [0.3, 0.4) is 0 Å².